The van der Waals surface area contributed by atoms with Gasteiger partial charge in [0.15, 0.2) is 5.58 Å². The first kappa shape index (κ1) is 16.2. The first-order valence-corrected chi connectivity index (χ1v) is 9.31. The summed E-state index contributed by atoms with van der Waals surface area (Å²) in [6.45, 7) is 2.16. The smallest absolute Gasteiger partial charge is 0.420 e. The van der Waals surface area contributed by atoms with Crippen molar-refractivity contribution in [3.05, 3.63) is 64.1 Å². The molecule has 2 aliphatic rings. The lowest BCUT2D eigenvalue weighted by molar-refractivity contribution is -0.130. The summed E-state index contributed by atoms with van der Waals surface area (Å²) in [5.74, 6) is 0.781. The van der Waals surface area contributed by atoms with Crippen molar-refractivity contribution in [1.82, 2.24) is 9.47 Å². The van der Waals surface area contributed by atoms with E-state index in [1.807, 2.05) is 23.1 Å². The first-order chi connectivity index (χ1) is 13.2. The number of carbonyl (C=O) groups excluding carboxylic acids is 1. The molecule has 27 heavy (non-hydrogen) atoms. The number of carbonyl (C=O) groups is 1. The van der Waals surface area contributed by atoms with Gasteiger partial charge in [0, 0.05) is 25.4 Å². The molecular weight excluding hydrogens is 344 g/mol. The van der Waals surface area contributed by atoms with Crippen LogP contribution in [0.2, 0.25) is 0 Å². The van der Waals surface area contributed by atoms with Crippen LogP contribution >= 0.6 is 0 Å². The van der Waals surface area contributed by atoms with Gasteiger partial charge in [0.2, 0.25) is 5.91 Å². The van der Waals surface area contributed by atoms with E-state index in [1.165, 1.54) is 15.7 Å². The van der Waals surface area contributed by atoms with Gasteiger partial charge in [-0.3, -0.25) is 9.36 Å². The fraction of sp³-hybridized carbons (Fsp3) is 0.333. The predicted octanol–water partition coefficient (Wildman–Crippen LogP) is 2.55. The van der Waals surface area contributed by atoms with E-state index in [2.05, 4.69) is 12.1 Å². The van der Waals surface area contributed by atoms with Crippen molar-refractivity contribution < 1.29 is 13.9 Å². The molecule has 3 heterocycles. The van der Waals surface area contributed by atoms with Gasteiger partial charge in [-0.1, -0.05) is 24.3 Å². The number of ether oxygens (including phenoxy) is 1. The molecule has 1 saturated heterocycles. The Morgan fingerprint density at radius 1 is 1.19 bits per heavy atom. The second-order valence-corrected chi connectivity index (χ2v) is 7.21. The third kappa shape index (κ3) is 2.81. The summed E-state index contributed by atoms with van der Waals surface area (Å²) in [6.07, 6.45) is 1.89. The molecule has 1 unspecified atom stereocenters. The van der Waals surface area contributed by atoms with Crippen LogP contribution in [-0.2, 0) is 17.8 Å². The van der Waals surface area contributed by atoms with Gasteiger partial charge in [-0.25, -0.2) is 4.79 Å². The number of amides is 1. The van der Waals surface area contributed by atoms with Crippen LogP contribution in [0.15, 0.2) is 51.7 Å². The lowest BCUT2D eigenvalue weighted by Gasteiger charge is -2.17. The zero-order valence-electron chi connectivity index (χ0n) is 14.9. The molecule has 0 spiro atoms. The Balaban J connectivity index is 1.32. The fourth-order valence-electron chi connectivity index (χ4n) is 4.12. The quantitative estimate of drug-likeness (QED) is 0.716. The lowest BCUT2D eigenvalue weighted by atomic mass is 9.96. The third-order valence-corrected chi connectivity index (χ3v) is 5.59. The Morgan fingerprint density at radius 3 is 3.00 bits per heavy atom. The number of benzene rings is 2. The summed E-state index contributed by atoms with van der Waals surface area (Å²) in [6, 6.07) is 13.5. The molecule has 5 rings (SSSR count). The number of rotatable bonds is 3. The van der Waals surface area contributed by atoms with Crippen LogP contribution in [-0.4, -0.2) is 35.1 Å². The summed E-state index contributed by atoms with van der Waals surface area (Å²) in [5.41, 5.74) is 3.69. The molecule has 0 N–H and O–H groups in total. The number of para-hydroxylation sites is 2. The minimum atomic E-state index is -0.487. The largest absolute Gasteiger partial charge is 0.493 e. The average molecular weight is 364 g/mol. The molecule has 1 fully saturated rings. The molecule has 1 atom stereocenters. The van der Waals surface area contributed by atoms with E-state index in [-0.39, 0.29) is 12.5 Å². The lowest BCUT2D eigenvalue weighted by Crippen LogP contribution is -2.34. The van der Waals surface area contributed by atoms with E-state index < -0.39 is 5.76 Å². The second kappa shape index (κ2) is 6.30. The molecule has 0 saturated carbocycles. The van der Waals surface area contributed by atoms with Gasteiger partial charge in [-0.15, -0.1) is 0 Å². The minimum Gasteiger partial charge on any atom is -0.493 e. The number of hydrogen-bond donors (Lipinski definition) is 0. The topological polar surface area (TPSA) is 64.7 Å². The van der Waals surface area contributed by atoms with Gasteiger partial charge in [0.05, 0.1) is 12.1 Å². The van der Waals surface area contributed by atoms with E-state index in [0.29, 0.717) is 30.1 Å². The number of likely N-dealkylation sites (tertiary alicyclic amines) is 1. The number of fused-ring (bicyclic) bond motifs is 2. The summed E-state index contributed by atoms with van der Waals surface area (Å²) in [5, 5.41) is 0. The van der Waals surface area contributed by atoms with Crippen LogP contribution in [0, 0.1) is 0 Å². The molecule has 0 aliphatic carbocycles. The van der Waals surface area contributed by atoms with Crippen LogP contribution in [0.4, 0.5) is 0 Å². The molecule has 2 aromatic carbocycles. The highest BCUT2D eigenvalue weighted by Gasteiger charge is 2.29. The Kier molecular flexibility index (Phi) is 3.77. The van der Waals surface area contributed by atoms with Gasteiger partial charge in [0.25, 0.3) is 0 Å². The van der Waals surface area contributed by atoms with Gasteiger partial charge >= 0.3 is 5.76 Å². The molecule has 6 nitrogen and oxygen atoms in total. The van der Waals surface area contributed by atoms with Gasteiger partial charge in [-0.05, 0) is 35.7 Å². The summed E-state index contributed by atoms with van der Waals surface area (Å²) in [4.78, 5) is 26.7. The summed E-state index contributed by atoms with van der Waals surface area (Å²) < 4.78 is 12.2. The van der Waals surface area contributed by atoms with Crippen molar-refractivity contribution >= 4 is 17.0 Å². The van der Waals surface area contributed by atoms with Crippen LogP contribution in [0.3, 0.4) is 0 Å². The van der Waals surface area contributed by atoms with Crippen molar-refractivity contribution in [2.75, 3.05) is 19.7 Å². The van der Waals surface area contributed by atoms with Gasteiger partial charge in [0.1, 0.15) is 12.3 Å². The summed E-state index contributed by atoms with van der Waals surface area (Å²) >= 11 is 0. The number of nitrogens with zero attached hydrogens (tertiary/aromatic N) is 2. The molecule has 138 valence electrons. The molecule has 2 aliphatic heterocycles. The second-order valence-electron chi connectivity index (χ2n) is 7.21. The van der Waals surface area contributed by atoms with E-state index in [0.717, 1.165) is 25.2 Å². The number of oxazole rings is 1. The van der Waals surface area contributed by atoms with Crippen molar-refractivity contribution in [3.8, 4) is 5.75 Å². The highest BCUT2D eigenvalue weighted by Crippen LogP contribution is 2.33. The van der Waals surface area contributed by atoms with Gasteiger partial charge < -0.3 is 14.1 Å². The first-order valence-electron chi connectivity index (χ1n) is 9.31. The SMILES string of the molecule is O=C(Cn1c(=O)oc2ccccc21)N1CCC(c2ccc3c(c2)CCO3)C1. The van der Waals surface area contributed by atoms with Gasteiger partial charge in [-0.2, -0.15) is 0 Å². The standard InChI is InChI=1S/C21H20N2O4/c24-20(13-23-17-3-1-2-4-19(17)27-21(23)25)22-9-7-16(12-22)14-5-6-18-15(11-14)8-10-26-18/h1-6,11,16H,7-10,12-13H2. The van der Waals surface area contributed by atoms with E-state index in [1.54, 1.807) is 12.1 Å². The fourth-order valence-corrected chi connectivity index (χ4v) is 4.12. The van der Waals surface area contributed by atoms with E-state index in [4.69, 9.17) is 9.15 Å². The van der Waals surface area contributed by atoms with E-state index in [9.17, 15) is 9.59 Å². The normalized spacial score (nSPS) is 18.7. The van der Waals surface area contributed by atoms with Crippen LogP contribution in [0.1, 0.15) is 23.5 Å². The highest BCUT2D eigenvalue weighted by molar-refractivity contribution is 5.80. The van der Waals surface area contributed by atoms with Crippen LogP contribution in [0.25, 0.3) is 11.1 Å². The van der Waals surface area contributed by atoms with Crippen LogP contribution in [0.5, 0.6) is 5.75 Å². The van der Waals surface area contributed by atoms with Crippen molar-refractivity contribution in [1.29, 1.82) is 0 Å². The van der Waals surface area contributed by atoms with Crippen molar-refractivity contribution in [2.24, 2.45) is 0 Å². The van der Waals surface area contributed by atoms with Crippen LogP contribution < -0.4 is 10.5 Å². The maximum atomic E-state index is 12.8. The zero-order valence-corrected chi connectivity index (χ0v) is 14.9. The van der Waals surface area contributed by atoms with E-state index >= 15 is 0 Å². The summed E-state index contributed by atoms with van der Waals surface area (Å²) in [7, 11) is 0. The molecule has 1 aromatic heterocycles. The highest BCUT2D eigenvalue weighted by atomic mass is 16.5. The molecule has 1 amide bonds. The molecular formula is C21H20N2O4. The Labute approximate surface area is 155 Å². The number of aromatic nitrogens is 1. The predicted molar refractivity (Wildman–Crippen MR) is 100 cm³/mol. The average Bonchev–Trinajstić information content (AvgIpc) is 3.40. The molecule has 6 heteroatoms. The molecule has 3 aromatic rings. The Hall–Kier alpha value is -3.02. The monoisotopic (exact) mass is 364 g/mol. The molecule has 0 bridgehead atoms. The molecule has 0 radical (unpaired) electrons. The van der Waals surface area contributed by atoms with Crippen molar-refractivity contribution in [3.63, 3.8) is 0 Å². The number of hydrogen-bond acceptors (Lipinski definition) is 4. The Bertz CT molecular complexity index is 1080. The Morgan fingerprint density at radius 2 is 2.07 bits per heavy atom. The third-order valence-electron chi connectivity index (χ3n) is 5.59. The minimum absolute atomic E-state index is 0.0145. The maximum absolute atomic E-state index is 12.8. The zero-order chi connectivity index (χ0) is 18.4. The van der Waals surface area contributed by atoms with Crippen molar-refractivity contribution in [2.45, 2.75) is 25.3 Å². The maximum Gasteiger partial charge on any atom is 0.420 e.